The monoisotopic (exact) mass is 249 g/mol. The van der Waals surface area contributed by atoms with Crippen molar-refractivity contribution in [3.8, 4) is 0 Å². The van der Waals surface area contributed by atoms with Crippen LogP contribution in [0.4, 0.5) is 0 Å². The first-order chi connectivity index (χ1) is 7.02. The van der Waals surface area contributed by atoms with E-state index in [9.17, 15) is 4.79 Å². The van der Waals surface area contributed by atoms with E-state index in [1.54, 1.807) is 10.8 Å². The van der Waals surface area contributed by atoms with Gasteiger partial charge in [0, 0.05) is 17.7 Å². The van der Waals surface area contributed by atoms with Crippen molar-refractivity contribution < 1.29 is 4.79 Å². The third kappa shape index (κ3) is 9.12. The molecule has 0 saturated carbocycles. The predicted molar refractivity (Wildman–Crippen MR) is 72.3 cm³/mol. The van der Waals surface area contributed by atoms with E-state index in [1.807, 2.05) is 10.8 Å². The molecule has 0 aromatic heterocycles. The molecule has 0 radical (unpaired) electrons. The van der Waals surface area contributed by atoms with Crippen LogP contribution in [-0.4, -0.2) is 23.5 Å². The summed E-state index contributed by atoms with van der Waals surface area (Å²) in [6.45, 7) is 7.33. The normalized spacial score (nSPS) is 11.5. The number of amides is 1. The number of carbonyl (C=O) groups is 1. The summed E-state index contributed by atoms with van der Waals surface area (Å²) in [5.74, 6) is 0.193. The van der Waals surface area contributed by atoms with Crippen LogP contribution in [0.1, 0.15) is 46.5 Å². The van der Waals surface area contributed by atoms with E-state index >= 15 is 0 Å². The summed E-state index contributed by atoms with van der Waals surface area (Å²) in [5.41, 5.74) is 0. The first kappa shape index (κ1) is 15.2. The Kier molecular flexibility index (Phi) is 8.43. The fraction of sp³-hybridized carbons (Fsp3) is 0.909. The number of unbranched alkanes of at least 4 members (excludes halogenated alkanes) is 1. The van der Waals surface area contributed by atoms with Crippen LogP contribution >= 0.6 is 21.6 Å². The molecule has 0 aliphatic carbocycles. The van der Waals surface area contributed by atoms with Gasteiger partial charge in [-0.25, -0.2) is 0 Å². The SMILES string of the molecule is CCCCNC(=O)CCC(C)(C)SSC. The zero-order chi connectivity index (χ0) is 11.7. The molecule has 0 aliphatic heterocycles. The second kappa shape index (κ2) is 8.34. The third-order valence-electron chi connectivity index (χ3n) is 2.12. The highest BCUT2D eigenvalue weighted by atomic mass is 33.1. The Balaban J connectivity index is 3.60. The summed E-state index contributed by atoms with van der Waals surface area (Å²) in [5, 5.41) is 2.94. The van der Waals surface area contributed by atoms with Crippen molar-refractivity contribution in [2.75, 3.05) is 12.8 Å². The van der Waals surface area contributed by atoms with E-state index < -0.39 is 0 Å². The van der Waals surface area contributed by atoms with Crippen LogP contribution in [0.15, 0.2) is 0 Å². The number of hydrogen-bond donors (Lipinski definition) is 1. The van der Waals surface area contributed by atoms with Gasteiger partial charge in [0.1, 0.15) is 0 Å². The quantitative estimate of drug-likeness (QED) is 0.527. The zero-order valence-electron chi connectivity index (χ0n) is 10.3. The van der Waals surface area contributed by atoms with Gasteiger partial charge >= 0.3 is 0 Å². The van der Waals surface area contributed by atoms with Crippen LogP contribution in [0.5, 0.6) is 0 Å². The summed E-state index contributed by atoms with van der Waals surface area (Å²) in [7, 11) is 3.61. The second-order valence-corrected chi connectivity index (χ2v) is 7.32. The van der Waals surface area contributed by atoms with E-state index in [2.05, 4.69) is 32.3 Å². The number of hydrogen-bond acceptors (Lipinski definition) is 3. The minimum absolute atomic E-state index is 0.193. The molecule has 4 heteroatoms. The molecule has 0 saturated heterocycles. The summed E-state index contributed by atoms with van der Waals surface area (Å²) >= 11 is 0. The molecule has 0 fully saturated rings. The lowest BCUT2D eigenvalue weighted by atomic mass is 10.1. The molecule has 0 unspecified atom stereocenters. The Morgan fingerprint density at radius 3 is 2.60 bits per heavy atom. The van der Waals surface area contributed by atoms with Crippen LogP contribution in [0.3, 0.4) is 0 Å². The van der Waals surface area contributed by atoms with Crippen molar-refractivity contribution in [2.24, 2.45) is 0 Å². The van der Waals surface area contributed by atoms with Crippen LogP contribution in [-0.2, 0) is 4.79 Å². The Morgan fingerprint density at radius 2 is 2.07 bits per heavy atom. The van der Waals surface area contributed by atoms with Crippen molar-refractivity contribution in [3.63, 3.8) is 0 Å². The molecule has 15 heavy (non-hydrogen) atoms. The van der Waals surface area contributed by atoms with Crippen molar-refractivity contribution in [3.05, 3.63) is 0 Å². The maximum atomic E-state index is 11.4. The maximum Gasteiger partial charge on any atom is 0.220 e. The molecular formula is C11H23NOS2. The molecule has 1 amide bonds. The lowest BCUT2D eigenvalue weighted by Crippen LogP contribution is -2.26. The Bertz CT molecular complexity index is 183. The standard InChI is InChI=1S/C11H23NOS2/c1-5-6-9-12-10(13)7-8-11(2,3)15-14-4/h5-9H2,1-4H3,(H,12,13). The molecule has 0 bridgehead atoms. The lowest BCUT2D eigenvalue weighted by Gasteiger charge is -2.21. The van der Waals surface area contributed by atoms with Gasteiger partial charge in [-0.05, 0) is 32.9 Å². The van der Waals surface area contributed by atoms with E-state index in [-0.39, 0.29) is 10.7 Å². The van der Waals surface area contributed by atoms with E-state index in [1.165, 1.54) is 0 Å². The molecule has 0 aromatic carbocycles. The smallest absolute Gasteiger partial charge is 0.220 e. The van der Waals surface area contributed by atoms with Gasteiger partial charge in [-0.2, -0.15) is 0 Å². The van der Waals surface area contributed by atoms with Crippen LogP contribution in [0.2, 0.25) is 0 Å². The predicted octanol–water partition coefficient (Wildman–Crippen LogP) is 3.47. The summed E-state index contributed by atoms with van der Waals surface area (Å²) < 4.78 is 0.196. The van der Waals surface area contributed by atoms with Gasteiger partial charge in [0.25, 0.3) is 0 Å². The fourth-order valence-electron chi connectivity index (χ4n) is 1.17. The molecule has 0 aromatic rings. The molecule has 0 aliphatic rings. The zero-order valence-corrected chi connectivity index (χ0v) is 11.9. The number of carbonyl (C=O) groups excluding carboxylic acids is 1. The summed E-state index contributed by atoms with van der Waals surface area (Å²) in [6.07, 6.45) is 5.87. The maximum absolute atomic E-state index is 11.4. The molecule has 0 spiro atoms. The fourth-order valence-corrected chi connectivity index (χ4v) is 3.41. The van der Waals surface area contributed by atoms with E-state index in [4.69, 9.17) is 0 Å². The van der Waals surface area contributed by atoms with Crippen molar-refractivity contribution in [1.82, 2.24) is 5.32 Å². The first-order valence-corrected chi connectivity index (χ1v) is 8.06. The van der Waals surface area contributed by atoms with E-state index in [0.29, 0.717) is 6.42 Å². The van der Waals surface area contributed by atoms with Crippen molar-refractivity contribution in [2.45, 2.75) is 51.2 Å². The second-order valence-electron chi connectivity index (χ2n) is 4.21. The Labute approximate surface area is 102 Å². The van der Waals surface area contributed by atoms with Crippen LogP contribution in [0, 0.1) is 0 Å². The topological polar surface area (TPSA) is 29.1 Å². The number of rotatable bonds is 8. The average Bonchev–Trinajstić information content (AvgIpc) is 2.15. The van der Waals surface area contributed by atoms with E-state index in [0.717, 1.165) is 25.8 Å². The van der Waals surface area contributed by atoms with Crippen LogP contribution < -0.4 is 5.32 Å². The molecule has 0 atom stereocenters. The Hall–Kier alpha value is 0.170. The molecule has 1 N–H and O–H groups in total. The molecule has 2 nitrogen and oxygen atoms in total. The van der Waals surface area contributed by atoms with Gasteiger partial charge in [-0.3, -0.25) is 4.79 Å². The highest BCUT2D eigenvalue weighted by Gasteiger charge is 2.19. The summed E-state index contributed by atoms with van der Waals surface area (Å²) in [6, 6.07) is 0. The van der Waals surface area contributed by atoms with Gasteiger partial charge in [-0.15, -0.1) is 0 Å². The van der Waals surface area contributed by atoms with Gasteiger partial charge in [0.15, 0.2) is 0 Å². The van der Waals surface area contributed by atoms with Gasteiger partial charge in [0.05, 0.1) is 0 Å². The highest BCUT2D eigenvalue weighted by Crippen LogP contribution is 2.36. The molecule has 90 valence electrons. The molecule has 0 heterocycles. The number of nitrogens with one attached hydrogen (secondary N) is 1. The van der Waals surface area contributed by atoms with Gasteiger partial charge < -0.3 is 5.32 Å². The molecular weight excluding hydrogens is 226 g/mol. The lowest BCUT2D eigenvalue weighted by molar-refractivity contribution is -0.121. The van der Waals surface area contributed by atoms with Gasteiger partial charge in [-0.1, -0.05) is 34.9 Å². The average molecular weight is 249 g/mol. The molecule has 0 rings (SSSR count). The Morgan fingerprint density at radius 1 is 1.40 bits per heavy atom. The highest BCUT2D eigenvalue weighted by molar-refractivity contribution is 8.76. The minimum Gasteiger partial charge on any atom is -0.356 e. The summed E-state index contributed by atoms with van der Waals surface area (Å²) in [4.78, 5) is 11.4. The van der Waals surface area contributed by atoms with Gasteiger partial charge in [0.2, 0.25) is 5.91 Å². The third-order valence-corrected chi connectivity index (χ3v) is 4.79. The largest absolute Gasteiger partial charge is 0.356 e. The minimum atomic E-state index is 0.193. The first-order valence-electron chi connectivity index (χ1n) is 5.50. The van der Waals surface area contributed by atoms with Crippen molar-refractivity contribution in [1.29, 1.82) is 0 Å². The van der Waals surface area contributed by atoms with Crippen molar-refractivity contribution >= 4 is 27.5 Å². The van der Waals surface area contributed by atoms with Crippen LogP contribution in [0.25, 0.3) is 0 Å².